The van der Waals surface area contributed by atoms with Crippen molar-refractivity contribution < 1.29 is 13.9 Å². The number of benzene rings is 2. The molecule has 1 aliphatic heterocycles. The topological polar surface area (TPSA) is 59.4 Å². The van der Waals surface area contributed by atoms with Crippen LogP contribution in [0.3, 0.4) is 0 Å². The summed E-state index contributed by atoms with van der Waals surface area (Å²) in [7, 11) is 0. The van der Waals surface area contributed by atoms with Gasteiger partial charge >= 0.3 is 0 Å². The number of nitrogens with one attached hydrogen (secondary N) is 1. The van der Waals surface area contributed by atoms with Crippen LogP contribution in [-0.2, 0) is 4.79 Å². The van der Waals surface area contributed by atoms with E-state index in [0.717, 1.165) is 22.6 Å². The summed E-state index contributed by atoms with van der Waals surface area (Å²) in [5.74, 6) is -0.216. The lowest BCUT2D eigenvalue weighted by atomic mass is 10.0. The second-order valence-electron chi connectivity index (χ2n) is 7.34. The Balaban J connectivity index is 1.57. The fourth-order valence-corrected chi connectivity index (χ4v) is 3.97. The van der Waals surface area contributed by atoms with Gasteiger partial charge < -0.3 is 10.1 Å². The van der Waals surface area contributed by atoms with Crippen molar-refractivity contribution in [3.8, 4) is 11.4 Å². The molecule has 4 rings (SSSR count). The maximum absolute atomic E-state index is 13.8. The quantitative estimate of drug-likeness (QED) is 0.681. The third-order valence-corrected chi connectivity index (χ3v) is 5.41. The minimum Gasteiger partial charge on any atom is -0.489 e. The highest BCUT2D eigenvalue weighted by atomic mass is 19.1. The van der Waals surface area contributed by atoms with Crippen molar-refractivity contribution in [1.82, 2.24) is 20.0 Å². The van der Waals surface area contributed by atoms with Crippen molar-refractivity contribution in [3.05, 3.63) is 77.4 Å². The maximum atomic E-state index is 13.8. The molecule has 6 nitrogen and oxygen atoms in total. The average Bonchev–Trinajstić information content (AvgIpc) is 3.04. The van der Waals surface area contributed by atoms with Gasteiger partial charge in [0.2, 0.25) is 5.91 Å². The molecule has 1 amide bonds. The van der Waals surface area contributed by atoms with Gasteiger partial charge in [-0.25, -0.2) is 9.07 Å². The van der Waals surface area contributed by atoms with Crippen LogP contribution in [0.4, 0.5) is 4.39 Å². The summed E-state index contributed by atoms with van der Waals surface area (Å²) < 4.78 is 21.3. The smallest absolute Gasteiger partial charge is 0.242 e. The summed E-state index contributed by atoms with van der Waals surface area (Å²) in [6, 6.07) is 15.8. The fraction of sp³-hybridized carbons (Fsp3) is 0.304. The van der Waals surface area contributed by atoms with E-state index in [9.17, 15) is 9.18 Å². The molecule has 156 valence electrons. The lowest BCUT2D eigenvalue weighted by molar-refractivity contribution is -0.129. The Morgan fingerprint density at radius 2 is 1.87 bits per heavy atom. The lowest BCUT2D eigenvalue weighted by Gasteiger charge is -2.35. The lowest BCUT2D eigenvalue weighted by Crippen LogP contribution is -2.51. The molecule has 30 heavy (non-hydrogen) atoms. The van der Waals surface area contributed by atoms with Crippen molar-refractivity contribution in [2.45, 2.75) is 19.9 Å². The van der Waals surface area contributed by atoms with Crippen LogP contribution in [0.5, 0.6) is 5.75 Å². The highest BCUT2D eigenvalue weighted by molar-refractivity contribution is 5.84. The SMILES string of the molecule is Cc1nn(-c2ccccc2)c(C)c1[C@@H]1C(=O)NCCN1CCOc1ccccc1F. The monoisotopic (exact) mass is 408 g/mol. The molecular formula is C23H25FN4O2. The Morgan fingerprint density at radius 3 is 2.63 bits per heavy atom. The molecule has 1 aromatic heterocycles. The van der Waals surface area contributed by atoms with E-state index in [0.29, 0.717) is 19.6 Å². The van der Waals surface area contributed by atoms with Gasteiger partial charge in [-0.3, -0.25) is 9.69 Å². The van der Waals surface area contributed by atoms with E-state index in [1.807, 2.05) is 48.9 Å². The molecule has 2 heterocycles. The number of amides is 1. The Bertz CT molecular complexity index is 1030. The highest BCUT2D eigenvalue weighted by Gasteiger charge is 2.35. The number of ether oxygens (including phenoxy) is 1. The van der Waals surface area contributed by atoms with Crippen molar-refractivity contribution in [2.75, 3.05) is 26.2 Å². The van der Waals surface area contributed by atoms with Crippen LogP contribution >= 0.6 is 0 Å². The fourth-order valence-electron chi connectivity index (χ4n) is 3.97. The van der Waals surface area contributed by atoms with Crippen molar-refractivity contribution in [1.29, 1.82) is 0 Å². The van der Waals surface area contributed by atoms with Crippen LogP contribution in [0, 0.1) is 19.7 Å². The molecule has 3 aromatic rings. The van der Waals surface area contributed by atoms with Crippen molar-refractivity contribution >= 4 is 5.91 Å². The van der Waals surface area contributed by atoms with E-state index in [1.165, 1.54) is 6.07 Å². The zero-order chi connectivity index (χ0) is 21.1. The molecular weight excluding hydrogens is 383 g/mol. The molecule has 0 saturated carbocycles. The number of nitrogens with zero attached hydrogens (tertiary/aromatic N) is 3. The minimum atomic E-state index is -0.458. The first kappa shape index (κ1) is 20.1. The van der Waals surface area contributed by atoms with Gasteiger partial charge in [-0.15, -0.1) is 0 Å². The van der Waals surface area contributed by atoms with E-state index >= 15 is 0 Å². The van der Waals surface area contributed by atoms with E-state index < -0.39 is 6.04 Å². The van der Waals surface area contributed by atoms with Gasteiger partial charge in [0.05, 0.1) is 11.4 Å². The summed E-state index contributed by atoms with van der Waals surface area (Å²) in [5, 5.41) is 7.66. The number of aryl methyl sites for hydroxylation is 1. The molecule has 1 N–H and O–H groups in total. The van der Waals surface area contributed by atoms with Gasteiger partial charge in [0, 0.05) is 30.9 Å². The van der Waals surface area contributed by atoms with E-state index in [-0.39, 0.29) is 24.1 Å². The largest absolute Gasteiger partial charge is 0.489 e. The standard InChI is InChI=1S/C23H25FN4O2/c1-16-21(17(2)28(26-16)18-8-4-3-5-9-18)22-23(29)25-12-13-27(22)14-15-30-20-11-7-6-10-19(20)24/h3-11,22H,12-15H2,1-2H3,(H,25,29)/t22-/m1/s1. The number of rotatable bonds is 6. The van der Waals surface area contributed by atoms with Crippen LogP contribution in [0.2, 0.25) is 0 Å². The predicted molar refractivity (Wildman–Crippen MR) is 112 cm³/mol. The summed E-state index contributed by atoms with van der Waals surface area (Å²) in [6.45, 7) is 5.96. The molecule has 2 aromatic carbocycles. The number of piperazine rings is 1. The van der Waals surface area contributed by atoms with Crippen LogP contribution in [0.1, 0.15) is 23.0 Å². The van der Waals surface area contributed by atoms with Crippen LogP contribution in [0.15, 0.2) is 54.6 Å². The van der Waals surface area contributed by atoms with Crippen LogP contribution in [0.25, 0.3) is 5.69 Å². The van der Waals surface area contributed by atoms with E-state index in [2.05, 4.69) is 10.2 Å². The van der Waals surface area contributed by atoms with Crippen LogP contribution in [-0.4, -0.2) is 46.8 Å². The number of carbonyl (C=O) groups is 1. The number of aromatic nitrogens is 2. The summed E-state index contributed by atoms with van der Waals surface area (Å²) in [4.78, 5) is 14.9. The molecule has 1 aliphatic rings. The molecule has 0 unspecified atom stereocenters. The molecule has 1 fully saturated rings. The normalized spacial score (nSPS) is 17.0. The third kappa shape index (κ3) is 3.93. The third-order valence-electron chi connectivity index (χ3n) is 5.41. The van der Waals surface area contributed by atoms with E-state index in [4.69, 9.17) is 9.84 Å². The number of para-hydroxylation sites is 2. The summed E-state index contributed by atoms with van der Waals surface area (Å²) >= 11 is 0. The molecule has 0 radical (unpaired) electrons. The van der Waals surface area contributed by atoms with Gasteiger partial charge in [-0.1, -0.05) is 30.3 Å². The zero-order valence-corrected chi connectivity index (χ0v) is 17.1. The van der Waals surface area contributed by atoms with Crippen molar-refractivity contribution in [2.24, 2.45) is 0 Å². The molecule has 0 spiro atoms. The Labute approximate surface area is 175 Å². The van der Waals surface area contributed by atoms with Gasteiger partial charge in [-0.05, 0) is 38.1 Å². The zero-order valence-electron chi connectivity index (χ0n) is 17.1. The second kappa shape index (κ2) is 8.67. The Kier molecular flexibility index (Phi) is 5.81. The minimum absolute atomic E-state index is 0.0500. The average molecular weight is 408 g/mol. The highest BCUT2D eigenvalue weighted by Crippen LogP contribution is 2.30. The number of carbonyl (C=O) groups excluding carboxylic acids is 1. The molecule has 0 bridgehead atoms. The first-order chi connectivity index (χ1) is 14.6. The summed E-state index contributed by atoms with van der Waals surface area (Å²) in [5.41, 5.74) is 3.61. The van der Waals surface area contributed by atoms with Gasteiger partial charge in [0.15, 0.2) is 11.6 Å². The Hall–Kier alpha value is -3.19. The molecule has 1 saturated heterocycles. The van der Waals surface area contributed by atoms with Gasteiger partial charge in [0.1, 0.15) is 12.6 Å². The molecule has 7 heteroatoms. The van der Waals surface area contributed by atoms with Gasteiger partial charge in [0.25, 0.3) is 0 Å². The predicted octanol–water partition coefficient (Wildman–Crippen LogP) is 3.18. The first-order valence-electron chi connectivity index (χ1n) is 10.1. The van der Waals surface area contributed by atoms with E-state index in [1.54, 1.807) is 18.2 Å². The molecule has 1 atom stereocenters. The van der Waals surface area contributed by atoms with Crippen molar-refractivity contribution in [3.63, 3.8) is 0 Å². The molecule has 0 aliphatic carbocycles. The number of halogens is 1. The van der Waals surface area contributed by atoms with Crippen LogP contribution < -0.4 is 10.1 Å². The number of hydrogen-bond donors (Lipinski definition) is 1. The second-order valence-corrected chi connectivity index (χ2v) is 7.34. The summed E-state index contributed by atoms with van der Waals surface area (Å²) in [6.07, 6.45) is 0. The first-order valence-corrected chi connectivity index (χ1v) is 10.1. The van der Waals surface area contributed by atoms with Gasteiger partial charge in [-0.2, -0.15) is 5.10 Å². The maximum Gasteiger partial charge on any atom is 0.242 e. The number of hydrogen-bond acceptors (Lipinski definition) is 4. The Morgan fingerprint density at radius 1 is 1.13 bits per heavy atom.